The number of nitrogens with one attached hydrogen (secondary N) is 2. The highest BCUT2D eigenvalue weighted by molar-refractivity contribution is 6.03. The fourth-order valence-corrected chi connectivity index (χ4v) is 3.18. The summed E-state index contributed by atoms with van der Waals surface area (Å²) >= 11 is 0. The minimum atomic E-state index is -0.784. The molecule has 4 aromatic rings. The maximum Gasteiger partial charge on any atom is 0.302 e. The third kappa shape index (κ3) is 4.24. The van der Waals surface area contributed by atoms with Gasteiger partial charge in [-0.25, -0.2) is 19.9 Å². The van der Waals surface area contributed by atoms with Gasteiger partial charge in [0.25, 0.3) is 0 Å². The number of nitrogens with zero attached hydrogens (tertiary/aromatic N) is 5. The van der Waals surface area contributed by atoms with Crippen LogP contribution in [0.25, 0.3) is 22.2 Å². The van der Waals surface area contributed by atoms with Crippen LogP contribution in [-0.2, 0) is 6.42 Å². The molecule has 0 spiro atoms. The van der Waals surface area contributed by atoms with Crippen LogP contribution in [0.1, 0.15) is 16.1 Å². The first-order valence-corrected chi connectivity index (χ1v) is 9.38. The summed E-state index contributed by atoms with van der Waals surface area (Å²) < 4.78 is 0. The third-order valence-corrected chi connectivity index (χ3v) is 4.55. The predicted molar refractivity (Wildman–Crippen MR) is 118 cm³/mol. The summed E-state index contributed by atoms with van der Waals surface area (Å²) in [5.41, 5.74) is 19.6. The minimum Gasteiger partial charge on any atom is -0.382 e. The van der Waals surface area contributed by atoms with Gasteiger partial charge in [0.05, 0.1) is 0 Å². The van der Waals surface area contributed by atoms with Crippen LogP contribution >= 0.6 is 0 Å². The Balaban J connectivity index is 1.63. The average Bonchev–Trinajstić information content (AvgIpc) is 3.17. The molecule has 0 radical (unpaired) electrons. The highest BCUT2D eigenvalue weighted by atomic mass is 16.1. The van der Waals surface area contributed by atoms with E-state index in [0.29, 0.717) is 23.6 Å². The molecule has 0 bridgehead atoms. The first-order chi connectivity index (χ1) is 15.0. The predicted octanol–water partition coefficient (Wildman–Crippen LogP) is 1.07. The Kier molecular flexibility index (Phi) is 5.39. The van der Waals surface area contributed by atoms with Crippen LogP contribution in [-0.4, -0.2) is 43.3 Å². The fourth-order valence-electron chi connectivity index (χ4n) is 3.18. The molecule has 0 fully saturated rings. The van der Waals surface area contributed by atoms with Crippen molar-refractivity contribution in [2.45, 2.75) is 6.42 Å². The summed E-state index contributed by atoms with van der Waals surface area (Å²) in [5.74, 6) is -0.872. The summed E-state index contributed by atoms with van der Waals surface area (Å²) in [6, 6.07) is 8.08. The fraction of sp³-hybridized carbons (Fsp3) is 0.100. The summed E-state index contributed by atoms with van der Waals surface area (Å²) in [7, 11) is 0. The molecule has 0 aliphatic carbocycles. The van der Waals surface area contributed by atoms with Gasteiger partial charge in [0.1, 0.15) is 12.0 Å². The molecule has 11 nitrogen and oxygen atoms in total. The maximum atomic E-state index is 12.3. The molecule has 156 valence electrons. The lowest BCUT2D eigenvalue weighted by Gasteiger charge is -2.12. The van der Waals surface area contributed by atoms with Crippen molar-refractivity contribution in [3.05, 3.63) is 60.4 Å². The zero-order chi connectivity index (χ0) is 21.8. The number of aromatic nitrogens is 5. The van der Waals surface area contributed by atoms with E-state index in [2.05, 4.69) is 41.3 Å². The number of hydrogen-bond acceptors (Lipinski definition) is 7. The Hall–Kier alpha value is -4.54. The zero-order valence-electron chi connectivity index (χ0n) is 16.4. The molecule has 3 aromatic heterocycles. The second kappa shape index (κ2) is 8.45. The molecule has 3 heterocycles. The number of benzene rings is 1. The van der Waals surface area contributed by atoms with Crippen molar-refractivity contribution in [3.8, 4) is 11.3 Å². The smallest absolute Gasteiger partial charge is 0.302 e. The molecule has 0 atom stereocenters. The largest absolute Gasteiger partial charge is 0.382 e. The van der Waals surface area contributed by atoms with Gasteiger partial charge in [0, 0.05) is 41.6 Å². The normalized spacial score (nSPS) is 10.7. The number of carbonyl (C=O) groups is 1. The minimum absolute atomic E-state index is 0.0924. The van der Waals surface area contributed by atoms with E-state index in [0.717, 1.165) is 22.9 Å². The molecule has 0 aliphatic rings. The first-order valence-electron chi connectivity index (χ1n) is 9.38. The van der Waals surface area contributed by atoms with E-state index in [-0.39, 0.29) is 11.5 Å². The Morgan fingerprint density at radius 1 is 1.13 bits per heavy atom. The van der Waals surface area contributed by atoms with E-state index in [4.69, 9.17) is 17.2 Å². The molecule has 0 saturated heterocycles. The summed E-state index contributed by atoms with van der Waals surface area (Å²) in [5, 5.41) is 4.40. The number of rotatable bonds is 6. The van der Waals surface area contributed by atoms with Gasteiger partial charge < -0.3 is 27.5 Å². The molecule has 1 aromatic carbocycles. The van der Waals surface area contributed by atoms with E-state index in [1.165, 1.54) is 6.33 Å². The van der Waals surface area contributed by atoms with E-state index >= 15 is 0 Å². The van der Waals surface area contributed by atoms with Gasteiger partial charge in [-0.2, -0.15) is 4.99 Å². The van der Waals surface area contributed by atoms with Crippen LogP contribution in [0.15, 0.2) is 54.2 Å². The van der Waals surface area contributed by atoms with Crippen LogP contribution in [0, 0.1) is 0 Å². The quantitative estimate of drug-likeness (QED) is 0.226. The van der Waals surface area contributed by atoms with Crippen LogP contribution < -0.4 is 22.5 Å². The Bertz CT molecular complexity index is 1260. The SMILES string of the molecule is NC(N)=NC(=O)c1nc(-c2cncnc2)c(NCCc2c[nH]c3ccccc23)nc1N. The lowest BCUT2D eigenvalue weighted by atomic mass is 10.1. The molecule has 1 amide bonds. The Morgan fingerprint density at radius 2 is 1.90 bits per heavy atom. The lowest BCUT2D eigenvalue weighted by molar-refractivity contribution is 0.0998. The molecule has 11 heteroatoms. The van der Waals surface area contributed by atoms with Crippen LogP contribution in [0.2, 0.25) is 0 Å². The first kappa shape index (κ1) is 19.8. The average molecular weight is 416 g/mol. The number of guanidine groups is 1. The summed E-state index contributed by atoms with van der Waals surface area (Å²) in [6.07, 6.45) is 7.23. The molecule has 0 unspecified atom stereocenters. The number of H-pyrrole nitrogens is 1. The molecular formula is C20H20N10O. The van der Waals surface area contributed by atoms with Gasteiger partial charge in [0.15, 0.2) is 23.3 Å². The van der Waals surface area contributed by atoms with Crippen LogP contribution in [0.3, 0.4) is 0 Å². The number of nitrogen functional groups attached to an aromatic ring is 1. The van der Waals surface area contributed by atoms with Gasteiger partial charge in [-0.3, -0.25) is 4.79 Å². The molecule has 31 heavy (non-hydrogen) atoms. The van der Waals surface area contributed by atoms with E-state index in [9.17, 15) is 4.79 Å². The standard InChI is InChI=1S/C20H20N10O/c21-17-16(19(31)30-20(22)23)28-15(12-7-24-10-25-8-12)18(29-17)26-6-5-11-9-27-14-4-2-1-3-13(11)14/h1-4,7-10,27H,5-6H2,(H3,21,26,29)(H4,22,23,30,31). The number of para-hydroxylation sites is 1. The van der Waals surface area contributed by atoms with E-state index in [1.807, 2.05) is 24.4 Å². The molecule has 8 N–H and O–H groups in total. The molecule has 0 saturated carbocycles. The maximum absolute atomic E-state index is 12.3. The van der Waals surface area contributed by atoms with Crippen molar-refractivity contribution in [1.29, 1.82) is 0 Å². The number of amides is 1. The Morgan fingerprint density at radius 3 is 2.68 bits per heavy atom. The summed E-state index contributed by atoms with van der Waals surface area (Å²) in [6.45, 7) is 0.553. The van der Waals surface area contributed by atoms with Crippen molar-refractivity contribution >= 4 is 34.4 Å². The van der Waals surface area contributed by atoms with Gasteiger partial charge >= 0.3 is 5.91 Å². The second-order valence-corrected chi connectivity index (χ2v) is 6.66. The topological polar surface area (TPSA) is 187 Å². The number of fused-ring (bicyclic) bond motifs is 1. The zero-order valence-corrected chi connectivity index (χ0v) is 16.4. The van der Waals surface area contributed by atoms with E-state index < -0.39 is 11.9 Å². The monoisotopic (exact) mass is 416 g/mol. The van der Waals surface area contributed by atoms with Gasteiger partial charge in [-0.15, -0.1) is 0 Å². The van der Waals surface area contributed by atoms with Crippen molar-refractivity contribution in [2.75, 3.05) is 17.6 Å². The second-order valence-electron chi connectivity index (χ2n) is 6.66. The van der Waals surface area contributed by atoms with Gasteiger partial charge in [-0.05, 0) is 18.1 Å². The summed E-state index contributed by atoms with van der Waals surface area (Å²) in [4.78, 5) is 35.7. The van der Waals surface area contributed by atoms with Crippen LogP contribution in [0.5, 0.6) is 0 Å². The van der Waals surface area contributed by atoms with Crippen LogP contribution in [0.4, 0.5) is 11.6 Å². The highest BCUT2D eigenvalue weighted by Crippen LogP contribution is 2.26. The molecule has 4 rings (SSSR count). The van der Waals surface area contributed by atoms with Crippen molar-refractivity contribution in [1.82, 2.24) is 24.9 Å². The lowest BCUT2D eigenvalue weighted by Crippen LogP contribution is -2.25. The third-order valence-electron chi connectivity index (χ3n) is 4.55. The van der Waals surface area contributed by atoms with E-state index in [1.54, 1.807) is 12.4 Å². The van der Waals surface area contributed by atoms with Crippen molar-refractivity contribution in [2.24, 2.45) is 16.5 Å². The van der Waals surface area contributed by atoms with Gasteiger partial charge in [-0.1, -0.05) is 18.2 Å². The number of carbonyl (C=O) groups excluding carboxylic acids is 1. The number of aliphatic imine (C=N–C) groups is 1. The number of anilines is 2. The van der Waals surface area contributed by atoms with Gasteiger partial charge in [0.2, 0.25) is 0 Å². The van der Waals surface area contributed by atoms with Crippen molar-refractivity contribution in [3.63, 3.8) is 0 Å². The van der Waals surface area contributed by atoms with Crippen molar-refractivity contribution < 1.29 is 4.79 Å². The number of nitrogens with two attached hydrogens (primary N) is 3. The molecular weight excluding hydrogens is 396 g/mol. The number of hydrogen-bond donors (Lipinski definition) is 5. The Labute approximate surface area is 176 Å². The highest BCUT2D eigenvalue weighted by Gasteiger charge is 2.19. The number of aromatic amines is 1. The molecule has 0 aliphatic heterocycles.